The summed E-state index contributed by atoms with van der Waals surface area (Å²) in [7, 11) is 0. The number of carbonyl (C=O) groups excluding carboxylic acids is 1. The van der Waals surface area contributed by atoms with E-state index < -0.39 is 17.6 Å². The van der Waals surface area contributed by atoms with Gasteiger partial charge in [0.2, 0.25) is 0 Å². The zero-order valence-corrected chi connectivity index (χ0v) is 14.0. The van der Waals surface area contributed by atoms with E-state index in [2.05, 4.69) is 15.7 Å². The minimum Gasteiger partial charge on any atom is -0.326 e. The third-order valence-electron chi connectivity index (χ3n) is 4.30. The van der Waals surface area contributed by atoms with E-state index in [9.17, 15) is 18.0 Å². The maximum Gasteiger partial charge on any atom is 0.416 e. The second-order valence-corrected chi connectivity index (χ2v) is 6.26. The summed E-state index contributed by atoms with van der Waals surface area (Å²) in [5.41, 5.74) is 5.09. The van der Waals surface area contributed by atoms with Crippen molar-refractivity contribution in [2.45, 2.75) is 31.6 Å². The van der Waals surface area contributed by atoms with Crippen LogP contribution in [0.3, 0.4) is 0 Å². The largest absolute Gasteiger partial charge is 0.416 e. The standard InChI is InChI=1S/C17H20F3N5O/c18-17(19,20)12-6-11(9-21)7-13(8-12)23-16(26)15-3-5-25(24-15)14-2-1-4-22-10-14/h3,5-8,14,22H,1-2,4,9-10,21H2,(H,23,26). The van der Waals surface area contributed by atoms with Crippen molar-refractivity contribution in [1.82, 2.24) is 15.1 Å². The van der Waals surface area contributed by atoms with Crippen LogP contribution in [0, 0.1) is 0 Å². The summed E-state index contributed by atoms with van der Waals surface area (Å²) in [6.45, 7) is 1.68. The lowest BCUT2D eigenvalue weighted by Crippen LogP contribution is -2.32. The number of anilines is 1. The molecule has 1 aromatic carbocycles. The Labute approximate surface area is 148 Å². The summed E-state index contributed by atoms with van der Waals surface area (Å²) in [5, 5.41) is 10.0. The molecule has 6 nitrogen and oxygen atoms in total. The van der Waals surface area contributed by atoms with Gasteiger partial charge in [-0.2, -0.15) is 18.3 Å². The quantitative estimate of drug-likeness (QED) is 0.775. The van der Waals surface area contributed by atoms with Crippen LogP contribution in [0.5, 0.6) is 0 Å². The maximum absolute atomic E-state index is 13.0. The monoisotopic (exact) mass is 367 g/mol. The number of hydrogen-bond donors (Lipinski definition) is 3. The minimum absolute atomic E-state index is 0.0409. The van der Waals surface area contributed by atoms with Gasteiger partial charge in [-0.3, -0.25) is 9.48 Å². The van der Waals surface area contributed by atoms with Crippen molar-refractivity contribution in [2.24, 2.45) is 5.73 Å². The van der Waals surface area contributed by atoms with Crippen LogP contribution < -0.4 is 16.4 Å². The first-order chi connectivity index (χ1) is 12.4. The number of halogens is 3. The molecule has 1 amide bonds. The van der Waals surface area contributed by atoms with E-state index in [1.54, 1.807) is 16.9 Å². The van der Waals surface area contributed by atoms with Crippen LogP contribution in [0.15, 0.2) is 30.5 Å². The third-order valence-corrected chi connectivity index (χ3v) is 4.30. The van der Waals surface area contributed by atoms with Crippen molar-refractivity contribution in [2.75, 3.05) is 18.4 Å². The molecule has 0 bridgehead atoms. The summed E-state index contributed by atoms with van der Waals surface area (Å²) in [5.74, 6) is -0.560. The molecule has 140 valence electrons. The van der Waals surface area contributed by atoms with Crippen molar-refractivity contribution in [1.29, 1.82) is 0 Å². The molecule has 0 spiro atoms. The molecular formula is C17H20F3N5O. The van der Waals surface area contributed by atoms with Gasteiger partial charge in [-0.25, -0.2) is 0 Å². The number of benzene rings is 1. The zero-order chi connectivity index (χ0) is 18.7. The Kier molecular flexibility index (Phi) is 5.28. The van der Waals surface area contributed by atoms with Crippen LogP contribution in [-0.2, 0) is 12.7 Å². The highest BCUT2D eigenvalue weighted by molar-refractivity contribution is 6.02. The Morgan fingerprint density at radius 3 is 2.85 bits per heavy atom. The molecule has 2 aromatic rings. The fourth-order valence-corrected chi connectivity index (χ4v) is 2.96. The lowest BCUT2D eigenvalue weighted by molar-refractivity contribution is -0.137. The van der Waals surface area contributed by atoms with E-state index in [1.165, 1.54) is 6.07 Å². The van der Waals surface area contributed by atoms with Crippen molar-refractivity contribution in [3.8, 4) is 0 Å². The highest BCUT2D eigenvalue weighted by Gasteiger charge is 2.31. The molecule has 1 fully saturated rings. The number of amides is 1. The normalized spacial score (nSPS) is 17.9. The summed E-state index contributed by atoms with van der Waals surface area (Å²) >= 11 is 0. The molecule has 1 aliphatic rings. The van der Waals surface area contributed by atoms with Crippen molar-refractivity contribution in [3.05, 3.63) is 47.3 Å². The van der Waals surface area contributed by atoms with Crippen LogP contribution >= 0.6 is 0 Å². The highest BCUT2D eigenvalue weighted by atomic mass is 19.4. The molecule has 1 unspecified atom stereocenters. The van der Waals surface area contributed by atoms with E-state index in [0.717, 1.165) is 38.1 Å². The predicted octanol–water partition coefficient (Wildman–Crippen LogP) is 2.54. The number of carbonyl (C=O) groups is 1. The van der Waals surface area contributed by atoms with Gasteiger partial charge < -0.3 is 16.4 Å². The number of nitrogens with one attached hydrogen (secondary N) is 2. The molecule has 26 heavy (non-hydrogen) atoms. The SMILES string of the molecule is NCc1cc(NC(=O)c2ccn(C3CCCNC3)n2)cc(C(F)(F)F)c1. The molecule has 2 heterocycles. The van der Waals surface area contributed by atoms with Crippen LogP contribution in [0.25, 0.3) is 0 Å². The number of nitrogens with two attached hydrogens (primary N) is 1. The van der Waals surface area contributed by atoms with E-state index in [1.807, 2.05) is 0 Å². The smallest absolute Gasteiger partial charge is 0.326 e. The van der Waals surface area contributed by atoms with Gasteiger partial charge in [-0.1, -0.05) is 0 Å². The topological polar surface area (TPSA) is 85.0 Å². The molecule has 3 rings (SSSR count). The highest BCUT2D eigenvalue weighted by Crippen LogP contribution is 2.32. The average molecular weight is 367 g/mol. The Balaban J connectivity index is 1.76. The number of rotatable bonds is 4. The van der Waals surface area contributed by atoms with Gasteiger partial charge in [0.15, 0.2) is 5.69 Å². The second-order valence-electron chi connectivity index (χ2n) is 6.26. The number of hydrogen-bond acceptors (Lipinski definition) is 4. The minimum atomic E-state index is -4.51. The first-order valence-electron chi connectivity index (χ1n) is 8.35. The van der Waals surface area contributed by atoms with Crippen molar-refractivity contribution >= 4 is 11.6 Å². The van der Waals surface area contributed by atoms with Gasteiger partial charge in [0, 0.05) is 25.0 Å². The van der Waals surface area contributed by atoms with Gasteiger partial charge in [-0.05, 0) is 49.2 Å². The second kappa shape index (κ2) is 7.46. The number of alkyl halides is 3. The molecule has 1 atom stereocenters. The fourth-order valence-electron chi connectivity index (χ4n) is 2.96. The number of piperidine rings is 1. The number of aromatic nitrogens is 2. The van der Waals surface area contributed by atoms with Crippen molar-refractivity contribution < 1.29 is 18.0 Å². The van der Waals surface area contributed by atoms with Gasteiger partial charge in [0.25, 0.3) is 5.91 Å². The summed E-state index contributed by atoms with van der Waals surface area (Å²) in [6, 6.07) is 5.01. The Bertz CT molecular complexity index is 781. The van der Waals surface area contributed by atoms with E-state index in [0.29, 0.717) is 0 Å². The molecule has 9 heteroatoms. The van der Waals surface area contributed by atoms with Gasteiger partial charge in [0.1, 0.15) is 0 Å². The van der Waals surface area contributed by atoms with Crippen LogP contribution in [0.1, 0.15) is 40.5 Å². The first kappa shape index (κ1) is 18.4. The van der Waals surface area contributed by atoms with E-state index >= 15 is 0 Å². The Hall–Kier alpha value is -2.39. The predicted molar refractivity (Wildman–Crippen MR) is 90.7 cm³/mol. The lowest BCUT2D eigenvalue weighted by atomic mass is 10.1. The van der Waals surface area contributed by atoms with Crippen molar-refractivity contribution in [3.63, 3.8) is 0 Å². The molecule has 0 aliphatic carbocycles. The summed E-state index contributed by atoms with van der Waals surface area (Å²) in [6.07, 6.45) is -0.814. The third kappa shape index (κ3) is 4.23. The molecular weight excluding hydrogens is 347 g/mol. The number of nitrogens with zero attached hydrogens (tertiary/aromatic N) is 2. The molecule has 1 saturated heterocycles. The summed E-state index contributed by atoms with van der Waals surface area (Å²) in [4.78, 5) is 12.4. The fraction of sp³-hybridized carbons (Fsp3) is 0.412. The van der Waals surface area contributed by atoms with Crippen LogP contribution in [0.2, 0.25) is 0 Å². The summed E-state index contributed by atoms with van der Waals surface area (Å²) < 4.78 is 40.7. The van der Waals surface area contributed by atoms with Gasteiger partial charge in [0.05, 0.1) is 11.6 Å². The molecule has 4 N–H and O–H groups in total. The average Bonchev–Trinajstić information content (AvgIpc) is 3.11. The van der Waals surface area contributed by atoms with E-state index in [4.69, 9.17) is 5.73 Å². The molecule has 1 aromatic heterocycles. The molecule has 1 aliphatic heterocycles. The zero-order valence-electron chi connectivity index (χ0n) is 14.0. The maximum atomic E-state index is 13.0. The molecule has 0 saturated carbocycles. The van der Waals surface area contributed by atoms with E-state index in [-0.39, 0.29) is 29.5 Å². The first-order valence-corrected chi connectivity index (χ1v) is 8.35. The lowest BCUT2D eigenvalue weighted by Gasteiger charge is -2.22. The van der Waals surface area contributed by atoms with Gasteiger partial charge >= 0.3 is 6.18 Å². The van der Waals surface area contributed by atoms with Gasteiger partial charge in [-0.15, -0.1) is 0 Å². The van der Waals surface area contributed by atoms with Crippen LogP contribution in [-0.4, -0.2) is 28.8 Å². The molecule has 0 radical (unpaired) electrons. The Morgan fingerprint density at radius 1 is 1.38 bits per heavy atom. The van der Waals surface area contributed by atoms with Crippen LogP contribution in [0.4, 0.5) is 18.9 Å². The Morgan fingerprint density at radius 2 is 2.19 bits per heavy atom.